The normalized spacial score (nSPS) is 11.5. The number of aromatic nitrogens is 3. The average Bonchev–Trinajstić information content (AvgIpc) is 2.98. The molecule has 0 amide bonds. The molecule has 0 atom stereocenters. The van der Waals surface area contributed by atoms with Gasteiger partial charge in [-0.25, -0.2) is 19.0 Å². The number of aryl methyl sites for hydroxylation is 1. The Kier molecular flexibility index (Phi) is 5.49. The van der Waals surface area contributed by atoms with Crippen LogP contribution in [0.1, 0.15) is 23.9 Å². The third kappa shape index (κ3) is 4.06. The molecule has 0 aliphatic heterocycles. The first kappa shape index (κ1) is 19.2. The van der Waals surface area contributed by atoms with Crippen LogP contribution in [0.3, 0.4) is 0 Å². The molecule has 28 heavy (non-hydrogen) atoms. The van der Waals surface area contributed by atoms with Crippen LogP contribution in [0.5, 0.6) is 0 Å². The predicted molar refractivity (Wildman–Crippen MR) is 103 cm³/mol. The van der Waals surface area contributed by atoms with Crippen molar-refractivity contribution in [2.45, 2.75) is 20.3 Å². The number of nitrogens with one attached hydrogen (secondary N) is 1. The van der Waals surface area contributed by atoms with Crippen molar-refractivity contribution in [1.82, 2.24) is 14.8 Å². The summed E-state index contributed by atoms with van der Waals surface area (Å²) in [4.78, 5) is 33.6. The molecule has 1 aromatic carbocycles. The van der Waals surface area contributed by atoms with Gasteiger partial charge < -0.3 is 4.74 Å². The fourth-order valence-electron chi connectivity index (χ4n) is 2.79. The number of aromatic amines is 1. The Morgan fingerprint density at radius 2 is 1.96 bits per heavy atom. The van der Waals surface area contributed by atoms with Gasteiger partial charge in [0.05, 0.1) is 36.2 Å². The Hall–Kier alpha value is -3.55. The molecule has 0 saturated carbocycles. The molecule has 0 aliphatic carbocycles. The van der Waals surface area contributed by atoms with Crippen molar-refractivity contribution in [1.29, 1.82) is 0 Å². The van der Waals surface area contributed by atoms with Gasteiger partial charge in [0.1, 0.15) is 5.82 Å². The highest BCUT2D eigenvalue weighted by molar-refractivity contribution is 6.01. The van der Waals surface area contributed by atoms with Crippen LogP contribution in [0, 0.1) is 12.7 Å². The van der Waals surface area contributed by atoms with Gasteiger partial charge in [-0.3, -0.25) is 14.7 Å². The van der Waals surface area contributed by atoms with Crippen LogP contribution in [-0.2, 0) is 16.0 Å². The highest BCUT2D eigenvalue weighted by atomic mass is 19.1. The minimum atomic E-state index is -0.504. The summed E-state index contributed by atoms with van der Waals surface area (Å²) in [6.45, 7) is 3.51. The van der Waals surface area contributed by atoms with Gasteiger partial charge in [-0.2, -0.15) is 0 Å². The van der Waals surface area contributed by atoms with E-state index in [4.69, 9.17) is 4.74 Å². The Labute approximate surface area is 160 Å². The van der Waals surface area contributed by atoms with E-state index >= 15 is 0 Å². The molecule has 7 nitrogen and oxygen atoms in total. The molecular formula is C20H19FN4O3. The average molecular weight is 382 g/mol. The number of esters is 1. The molecule has 2 heterocycles. The zero-order valence-electron chi connectivity index (χ0n) is 15.7. The Balaban J connectivity index is 2.13. The molecule has 144 valence electrons. The van der Waals surface area contributed by atoms with Crippen molar-refractivity contribution >= 4 is 17.5 Å². The number of aliphatic imine (C=N–C) groups is 1. The molecule has 8 heteroatoms. The third-order valence-electron chi connectivity index (χ3n) is 4.12. The number of rotatable bonds is 5. The number of hydrogen-bond acceptors (Lipinski definition) is 5. The smallest absolute Gasteiger partial charge is 0.311 e. The number of benzene rings is 1. The molecule has 1 N–H and O–H groups in total. The van der Waals surface area contributed by atoms with Gasteiger partial charge in [-0.1, -0.05) is 6.07 Å². The van der Waals surface area contributed by atoms with Crippen molar-refractivity contribution in [2.75, 3.05) is 7.11 Å². The number of nitrogens with zero attached hydrogens (tertiary/aromatic N) is 3. The lowest BCUT2D eigenvalue weighted by atomic mass is 10.1. The van der Waals surface area contributed by atoms with Gasteiger partial charge in [0.25, 0.3) is 5.56 Å². The maximum absolute atomic E-state index is 13.2. The summed E-state index contributed by atoms with van der Waals surface area (Å²) in [5, 5.41) is 2.91. The van der Waals surface area contributed by atoms with E-state index in [-0.39, 0.29) is 12.0 Å². The highest BCUT2D eigenvalue weighted by Gasteiger charge is 2.20. The summed E-state index contributed by atoms with van der Waals surface area (Å²) < 4.78 is 19.2. The van der Waals surface area contributed by atoms with Crippen LogP contribution < -0.4 is 5.56 Å². The topological polar surface area (TPSA) is 89.3 Å². The number of ether oxygens (including phenoxy) is 1. The molecule has 3 aromatic rings. The number of pyridine rings is 1. The molecule has 0 fully saturated rings. The van der Waals surface area contributed by atoms with E-state index in [2.05, 4.69) is 15.1 Å². The van der Waals surface area contributed by atoms with Gasteiger partial charge in [0.2, 0.25) is 0 Å². The minimum Gasteiger partial charge on any atom is -0.469 e. The molecule has 0 radical (unpaired) electrons. The molecule has 0 bridgehead atoms. The SMILES string of the molecule is COC(=O)Cc1[nH]n(-c2ccc(F)cc2)c(=O)c1/C(C)=N\c1cccc(C)n1. The van der Waals surface area contributed by atoms with Crippen LogP contribution in [0.25, 0.3) is 5.69 Å². The van der Waals surface area contributed by atoms with Crippen LogP contribution >= 0.6 is 0 Å². The monoisotopic (exact) mass is 382 g/mol. The van der Waals surface area contributed by atoms with Crippen molar-refractivity contribution in [3.05, 3.63) is 75.6 Å². The Bertz CT molecular complexity index is 1100. The first-order chi connectivity index (χ1) is 13.4. The number of H-pyrrole nitrogens is 1. The molecule has 0 spiro atoms. The van der Waals surface area contributed by atoms with Gasteiger partial charge in [0, 0.05) is 5.69 Å². The molecule has 3 rings (SSSR count). The molecular weight excluding hydrogens is 363 g/mol. The van der Waals surface area contributed by atoms with Crippen molar-refractivity contribution in [3.63, 3.8) is 0 Å². The van der Waals surface area contributed by atoms with Crippen LogP contribution in [0.15, 0.2) is 52.3 Å². The van der Waals surface area contributed by atoms with E-state index in [1.165, 1.54) is 36.1 Å². The number of carbonyl (C=O) groups excluding carboxylic acids is 1. The van der Waals surface area contributed by atoms with Gasteiger partial charge in [-0.15, -0.1) is 0 Å². The van der Waals surface area contributed by atoms with E-state index in [9.17, 15) is 14.0 Å². The highest BCUT2D eigenvalue weighted by Crippen LogP contribution is 2.15. The summed E-state index contributed by atoms with van der Waals surface area (Å²) >= 11 is 0. The van der Waals surface area contributed by atoms with Crippen LogP contribution in [0.4, 0.5) is 10.2 Å². The second-order valence-electron chi connectivity index (χ2n) is 6.17. The standard InChI is InChI=1S/C20H19FN4O3/c1-12-5-4-6-17(22-12)23-13(2)19-16(11-18(26)28-3)24-25(20(19)27)15-9-7-14(21)8-10-15/h4-10,24H,11H2,1-3H3/b23-13-. The van der Waals surface area contributed by atoms with Crippen molar-refractivity contribution < 1.29 is 13.9 Å². The number of halogens is 1. The maximum Gasteiger partial charge on any atom is 0.311 e. The number of hydrogen-bond donors (Lipinski definition) is 1. The predicted octanol–water partition coefficient (Wildman–Crippen LogP) is 2.86. The summed E-state index contributed by atoms with van der Waals surface area (Å²) in [6, 6.07) is 10.8. The Morgan fingerprint density at radius 3 is 2.61 bits per heavy atom. The van der Waals surface area contributed by atoms with E-state index < -0.39 is 17.3 Å². The molecule has 0 saturated heterocycles. The van der Waals surface area contributed by atoms with Crippen LogP contribution in [0.2, 0.25) is 0 Å². The number of carbonyl (C=O) groups is 1. The summed E-state index contributed by atoms with van der Waals surface area (Å²) in [5.41, 5.74) is 1.83. The third-order valence-corrected chi connectivity index (χ3v) is 4.12. The second-order valence-corrected chi connectivity index (χ2v) is 6.17. The van der Waals surface area contributed by atoms with Crippen molar-refractivity contribution in [3.8, 4) is 5.69 Å². The van der Waals surface area contributed by atoms with E-state index in [0.29, 0.717) is 22.9 Å². The van der Waals surface area contributed by atoms with Gasteiger partial charge in [0.15, 0.2) is 5.82 Å². The van der Waals surface area contributed by atoms with E-state index in [0.717, 1.165) is 5.69 Å². The first-order valence-corrected chi connectivity index (χ1v) is 8.55. The number of methoxy groups -OCH3 is 1. The quantitative estimate of drug-likeness (QED) is 0.543. The molecule has 0 unspecified atom stereocenters. The summed E-state index contributed by atoms with van der Waals surface area (Å²) in [7, 11) is 1.27. The molecule has 2 aromatic heterocycles. The lowest BCUT2D eigenvalue weighted by Gasteiger charge is -2.02. The fourth-order valence-corrected chi connectivity index (χ4v) is 2.79. The summed E-state index contributed by atoms with van der Waals surface area (Å²) in [5.74, 6) is -0.465. The zero-order valence-corrected chi connectivity index (χ0v) is 15.7. The second kappa shape index (κ2) is 7.99. The zero-order chi connectivity index (χ0) is 20.3. The summed E-state index contributed by atoms with van der Waals surface area (Å²) in [6.07, 6.45) is -0.136. The minimum absolute atomic E-state index is 0.136. The fraction of sp³-hybridized carbons (Fsp3) is 0.200. The maximum atomic E-state index is 13.2. The van der Waals surface area contributed by atoms with E-state index in [1.807, 2.05) is 19.1 Å². The van der Waals surface area contributed by atoms with Gasteiger partial charge in [-0.05, 0) is 50.2 Å². The lowest BCUT2D eigenvalue weighted by molar-refractivity contribution is -0.139. The first-order valence-electron chi connectivity index (χ1n) is 8.55. The van der Waals surface area contributed by atoms with Crippen LogP contribution in [-0.4, -0.2) is 33.6 Å². The largest absolute Gasteiger partial charge is 0.469 e. The van der Waals surface area contributed by atoms with Gasteiger partial charge >= 0.3 is 5.97 Å². The van der Waals surface area contributed by atoms with E-state index in [1.54, 1.807) is 13.0 Å². The lowest BCUT2D eigenvalue weighted by Crippen LogP contribution is -2.20. The Morgan fingerprint density at radius 1 is 1.25 bits per heavy atom. The molecule has 0 aliphatic rings. The van der Waals surface area contributed by atoms with Crippen molar-refractivity contribution in [2.24, 2.45) is 4.99 Å².